The van der Waals surface area contributed by atoms with Gasteiger partial charge in [-0.05, 0) is 39.3 Å². The second-order valence-corrected chi connectivity index (χ2v) is 8.89. The van der Waals surface area contributed by atoms with E-state index in [4.69, 9.17) is 4.74 Å². The zero-order chi connectivity index (χ0) is 16.3. The molecule has 0 spiro atoms. The molecule has 118 valence electrons. The average molecular weight is 332 g/mol. The highest BCUT2D eigenvalue weighted by atomic mass is 32.2. The van der Waals surface area contributed by atoms with Gasteiger partial charge in [0.05, 0.1) is 4.88 Å². The van der Waals surface area contributed by atoms with E-state index in [1.807, 2.05) is 6.92 Å². The number of hydrogen-bond donors (Lipinski definition) is 0. The third kappa shape index (κ3) is 6.39. The summed E-state index contributed by atoms with van der Waals surface area (Å²) in [6.07, 6.45) is 0.794. The Morgan fingerprint density at radius 3 is 2.29 bits per heavy atom. The van der Waals surface area contributed by atoms with Crippen LogP contribution in [0.3, 0.4) is 0 Å². The molecule has 0 aliphatic carbocycles. The van der Waals surface area contributed by atoms with Crippen molar-refractivity contribution >= 4 is 32.9 Å². The molecule has 0 fully saturated rings. The molecule has 1 aromatic heterocycles. The van der Waals surface area contributed by atoms with Crippen LogP contribution in [-0.4, -0.2) is 37.3 Å². The third-order valence-electron chi connectivity index (χ3n) is 2.39. The lowest BCUT2D eigenvalue weighted by Crippen LogP contribution is -2.30. The number of ketones is 1. The van der Waals surface area contributed by atoms with E-state index >= 15 is 0 Å². The molecule has 0 radical (unpaired) electrons. The van der Waals surface area contributed by atoms with E-state index in [-0.39, 0.29) is 0 Å². The molecule has 1 rings (SSSR count). The average Bonchev–Trinajstić information content (AvgIpc) is 2.72. The van der Waals surface area contributed by atoms with E-state index in [2.05, 4.69) is 0 Å². The topological polar surface area (TPSA) is 77.5 Å². The van der Waals surface area contributed by atoms with Crippen molar-refractivity contribution in [3.05, 3.63) is 21.9 Å². The molecule has 1 heterocycles. The first-order valence-electron chi connectivity index (χ1n) is 6.56. The smallest absolute Gasteiger partial charge is 0.321 e. The SMILES string of the molecule is CCc1ccc(C(=O)CS(=O)(=O)CC(=O)OC(C)(C)C)s1. The lowest BCUT2D eigenvalue weighted by atomic mass is 10.2. The van der Waals surface area contributed by atoms with Gasteiger partial charge in [0.25, 0.3) is 0 Å². The van der Waals surface area contributed by atoms with Crippen LogP contribution < -0.4 is 0 Å². The zero-order valence-corrected chi connectivity index (χ0v) is 14.3. The molecule has 21 heavy (non-hydrogen) atoms. The molecule has 0 N–H and O–H groups in total. The molecule has 1 aromatic rings. The van der Waals surface area contributed by atoms with Gasteiger partial charge in [-0.2, -0.15) is 0 Å². The maximum absolute atomic E-state index is 11.9. The van der Waals surface area contributed by atoms with Crippen LogP contribution in [0.15, 0.2) is 12.1 Å². The van der Waals surface area contributed by atoms with Crippen molar-refractivity contribution in [2.75, 3.05) is 11.5 Å². The second-order valence-electron chi connectivity index (χ2n) is 5.66. The molecule has 0 amide bonds. The van der Waals surface area contributed by atoms with Gasteiger partial charge in [-0.15, -0.1) is 11.3 Å². The lowest BCUT2D eigenvalue weighted by molar-refractivity contribution is -0.151. The maximum atomic E-state index is 11.9. The van der Waals surface area contributed by atoms with Crippen LogP contribution in [-0.2, 0) is 25.8 Å². The standard InChI is InChI=1S/C14H20O5S2/c1-5-10-6-7-12(20-10)11(15)8-21(17,18)9-13(16)19-14(2,3)4/h6-7H,5,8-9H2,1-4H3. The number of ether oxygens (including phenoxy) is 1. The van der Waals surface area contributed by atoms with E-state index < -0.39 is 38.7 Å². The Hall–Kier alpha value is -1.21. The Labute approximate surface area is 129 Å². The molecule has 5 nitrogen and oxygen atoms in total. The minimum Gasteiger partial charge on any atom is -0.459 e. The van der Waals surface area contributed by atoms with Gasteiger partial charge in [0, 0.05) is 4.88 Å². The Balaban J connectivity index is 2.67. The van der Waals surface area contributed by atoms with E-state index in [1.54, 1.807) is 32.9 Å². The first kappa shape index (κ1) is 17.8. The predicted octanol–water partition coefficient (Wildman–Crippen LogP) is 2.25. The third-order valence-corrected chi connectivity index (χ3v) is 5.04. The van der Waals surface area contributed by atoms with Gasteiger partial charge in [0.15, 0.2) is 15.6 Å². The summed E-state index contributed by atoms with van der Waals surface area (Å²) in [5.74, 6) is -2.77. The normalized spacial score (nSPS) is 12.2. The van der Waals surface area contributed by atoms with Crippen molar-refractivity contribution in [2.45, 2.75) is 39.7 Å². The number of carbonyl (C=O) groups is 2. The summed E-state index contributed by atoms with van der Waals surface area (Å²) in [4.78, 5) is 24.9. The van der Waals surface area contributed by atoms with Gasteiger partial charge in [-0.1, -0.05) is 6.92 Å². The lowest BCUT2D eigenvalue weighted by Gasteiger charge is -2.19. The molecule has 0 aromatic carbocycles. The van der Waals surface area contributed by atoms with Gasteiger partial charge in [0.2, 0.25) is 0 Å². The maximum Gasteiger partial charge on any atom is 0.321 e. The second kappa shape index (κ2) is 6.70. The highest BCUT2D eigenvalue weighted by Crippen LogP contribution is 2.18. The van der Waals surface area contributed by atoms with Crippen LogP contribution >= 0.6 is 11.3 Å². The fourth-order valence-electron chi connectivity index (χ4n) is 1.59. The number of carbonyl (C=O) groups excluding carboxylic acids is 2. The summed E-state index contributed by atoms with van der Waals surface area (Å²) in [7, 11) is -3.82. The number of sulfone groups is 1. The van der Waals surface area contributed by atoms with Gasteiger partial charge < -0.3 is 4.74 Å². The van der Waals surface area contributed by atoms with Crippen LogP contribution in [0.1, 0.15) is 42.2 Å². The molecule has 7 heteroatoms. The van der Waals surface area contributed by atoms with E-state index in [1.165, 1.54) is 11.3 Å². The van der Waals surface area contributed by atoms with E-state index in [0.717, 1.165) is 11.3 Å². The van der Waals surface area contributed by atoms with Crippen molar-refractivity contribution in [3.8, 4) is 0 Å². The molecular formula is C14H20O5S2. The minimum absolute atomic E-state index is 0.402. The highest BCUT2D eigenvalue weighted by molar-refractivity contribution is 7.92. The van der Waals surface area contributed by atoms with Crippen LogP contribution in [0, 0.1) is 0 Å². The Morgan fingerprint density at radius 2 is 1.81 bits per heavy atom. The Morgan fingerprint density at radius 1 is 1.19 bits per heavy atom. The molecular weight excluding hydrogens is 312 g/mol. The zero-order valence-electron chi connectivity index (χ0n) is 12.6. The summed E-state index contributed by atoms with van der Waals surface area (Å²) in [5.41, 5.74) is -0.750. The van der Waals surface area contributed by atoms with Crippen molar-refractivity contribution in [1.82, 2.24) is 0 Å². The first-order chi connectivity index (χ1) is 9.52. The van der Waals surface area contributed by atoms with E-state index in [9.17, 15) is 18.0 Å². The quantitative estimate of drug-likeness (QED) is 0.590. The molecule has 0 atom stereocenters. The summed E-state index contributed by atoms with van der Waals surface area (Å²) in [5, 5.41) is 0. The van der Waals surface area contributed by atoms with Gasteiger partial charge in [-0.3, -0.25) is 9.59 Å². The Bertz CT molecular complexity index is 620. The van der Waals surface area contributed by atoms with Gasteiger partial charge >= 0.3 is 5.97 Å². The highest BCUT2D eigenvalue weighted by Gasteiger charge is 2.26. The molecule has 0 aliphatic rings. The Kier molecular flexibility index (Phi) is 5.69. The van der Waals surface area contributed by atoms with Crippen molar-refractivity contribution in [3.63, 3.8) is 0 Å². The fourth-order valence-corrected chi connectivity index (χ4v) is 3.64. The van der Waals surface area contributed by atoms with Gasteiger partial charge in [0.1, 0.15) is 17.1 Å². The number of thiophene rings is 1. The number of rotatable bonds is 6. The van der Waals surface area contributed by atoms with Crippen LogP contribution in [0.4, 0.5) is 0 Å². The monoisotopic (exact) mass is 332 g/mol. The molecule has 0 saturated heterocycles. The minimum atomic E-state index is -3.82. The summed E-state index contributed by atoms with van der Waals surface area (Å²) < 4.78 is 28.7. The van der Waals surface area contributed by atoms with Crippen molar-refractivity contribution in [2.24, 2.45) is 0 Å². The predicted molar refractivity (Wildman–Crippen MR) is 82.5 cm³/mol. The number of hydrogen-bond acceptors (Lipinski definition) is 6. The largest absolute Gasteiger partial charge is 0.459 e. The molecule has 0 bridgehead atoms. The number of Topliss-reactive ketones (excluding diaryl/α,β-unsaturated/α-hetero) is 1. The van der Waals surface area contributed by atoms with Crippen molar-refractivity contribution < 1.29 is 22.7 Å². The van der Waals surface area contributed by atoms with E-state index in [0.29, 0.717) is 4.88 Å². The van der Waals surface area contributed by atoms with Crippen LogP contribution in [0.25, 0.3) is 0 Å². The van der Waals surface area contributed by atoms with Crippen LogP contribution in [0.2, 0.25) is 0 Å². The number of aryl methyl sites for hydroxylation is 1. The summed E-state index contributed by atoms with van der Waals surface area (Å²) in [6, 6.07) is 3.42. The summed E-state index contributed by atoms with van der Waals surface area (Å²) >= 11 is 1.28. The fraction of sp³-hybridized carbons (Fsp3) is 0.571. The van der Waals surface area contributed by atoms with Gasteiger partial charge in [-0.25, -0.2) is 8.42 Å². The summed E-state index contributed by atoms with van der Waals surface area (Å²) in [6.45, 7) is 6.92. The molecule has 0 aliphatic heterocycles. The van der Waals surface area contributed by atoms with Crippen molar-refractivity contribution in [1.29, 1.82) is 0 Å². The molecule has 0 unspecified atom stereocenters. The molecule has 0 saturated carbocycles. The van der Waals surface area contributed by atoms with Crippen LogP contribution in [0.5, 0.6) is 0 Å². The first-order valence-corrected chi connectivity index (χ1v) is 9.20. The number of esters is 1.